The fraction of sp³-hybridized carbons (Fsp3) is 0.171. The van der Waals surface area contributed by atoms with E-state index in [4.69, 9.17) is 0 Å². The molecule has 2 heteroatoms. The molecule has 4 aromatic carbocycles. The van der Waals surface area contributed by atoms with E-state index in [-0.39, 0.29) is 0 Å². The first-order chi connectivity index (χ1) is 18.3. The number of nitrogens with zero attached hydrogens (tertiary/aromatic N) is 2. The van der Waals surface area contributed by atoms with Gasteiger partial charge in [0, 0.05) is 25.0 Å². The van der Waals surface area contributed by atoms with Crippen LogP contribution in [-0.4, -0.2) is 12.8 Å². The molecule has 0 unspecified atom stereocenters. The highest BCUT2D eigenvalue weighted by Crippen LogP contribution is 2.30. The minimum atomic E-state index is 0.687. The molecule has 0 amide bonds. The van der Waals surface area contributed by atoms with Crippen molar-refractivity contribution in [2.24, 2.45) is 4.99 Å². The molecular weight excluding hydrogens is 448 g/mol. The highest BCUT2D eigenvalue weighted by atomic mass is 15.1. The SMILES string of the molecule is Cc1ccccc1/C(C=Cc1ccc2c(c1)CCCN2Cc1ccccc1)=C\C=NCc1ccccc1. The third-order valence-electron chi connectivity index (χ3n) is 6.92. The van der Waals surface area contributed by atoms with Gasteiger partial charge in [-0.05, 0) is 76.9 Å². The topological polar surface area (TPSA) is 15.6 Å². The molecule has 184 valence electrons. The zero-order valence-electron chi connectivity index (χ0n) is 21.6. The first-order valence-electron chi connectivity index (χ1n) is 13.2. The Bertz CT molecular complexity index is 1400. The van der Waals surface area contributed by atoms with E-state index in [1.54, 1.807) is 0 Å². The highest BCUT2D eigenvalue weighted by Gasteiger charge is 2.17. The number of benzene rings is 4. The molecule has 1 aliphatic rings. The first-order valence-corrected chi connectivity index (χ1v) is 13.2. The van der Waals surface area contributed by atoms with E-state index in [1.165, 1.54) is 51.1 Å². The molecule has 0 saturated heterocycles. The van der Waals surface area contributed by atoms with Gasteiger partial charge in [-0.2, -0.15) is 0 Å². The number of aliphatic imine (C=N–C) groups is 1. The van der Waals surface area contributed by atoms with Crippen LogP contribution in [0.5, 0.6) is 0 Å². The molecule has 0 aliphatic carbocycles. The molecule has 37 heavy (non-hydrogen) atoms. The monoisotopic (exact) mass is 482 g/mol. The molecule has 0 saturated carbocycles. The predicted molar refractivity (Wildman–Crippen MR) is 159 cm³/mol. The van der Waals surface area contributed by atoms with Crippen LogP contribution in [-0.2, 0) is 19.5 Å². The molecule has 0 aromatic heterocycles. The van der Waals surface area contributed by atoms with Gasteiger partial charge in [0.1, 0.15) is 0 Å². The molecule has 0 fully saturated rings. The van der Waals surface area contributed by atoms with E-state index in [2.05, 4.69) is 132 Å². The van der Waals surface area contributed by atoms with Crippen molar-refractivity contribution < 1.29 is 0 Å². The Morgan fingerprint density at radius 2 is 1.57 bits per heavy atom. The highest BCUT2D eigenvalue weighted by molar-refractivity contribution is 5.91. The van der Waals surface area contributed by atoms with Crippen LogP contribution in [0.4, 0.5) is 5.69 Å². The number of rotatable bonds is 8. The normalized spacial score (nSPS) is 13.9. The summed E-state index contributed by atoms with van der Waals surface area (Å²) in [7, 11) is 0. The van der Waals surface area contributed by atoms with E-state index in [1.807, 2.05) is 12.3 Å². The first kappa shape index (κ1) is 24.5. The summed E-state index contributed by atoms with van der Waals surface area (Å²) >= 11 is 0. The molecule has 5 rings (SSSR count). The number of hydrogen-bond donors (Lipinski definition) is 0. The van der Waals surface area contributed by atoms with Crippen molar-refractivity contribution in [3.8, 4) is 0 Å². The van der Waals surface area contributed by atoms with Crippen LogP contribution in [0.25, 0.3) is 11.6 Å². The van der Waals surface area contributed by atoms with Crippen LogP contribution < -0.4 is 4.90 Å². The molecule has 1 heterocycles. The summed E-state index contributed by atoms with van der Waals surface area (Å²) in [5.41, 5.74) is 10.3. The maximum Gasteiger partial charge on any atom is 0.0639 e. The molecule has 0 bridgehead atoms. The van der Waals surface area contributed by atoms with Crippen LogP contribution in [0.2, 0.25) is 0 Å². The average molecular weight is 483 g/mol. The van der Waals surface area contributed by atoms with Crippen molar-refractivity contribution in [2.45, 2.75) is 32.9 Å². The van der Waals surface area contributed by atoms with Crippen molar-refractivity contribution in [1.29, 1.82) is 0 Å². The molecular formula is C35H34N2. The number of allylic oxidation sites excluding steroid dienone is 3. The van der Waals surface area contributed by atoms with Gasteiger partial charge in [-0.3, -0.25) is 4.99 Å². The lowest BCUT2D eigenvalue weighted by Crippen LogP contribution is -2.28. The number of anilines is 1. The lowest BCUT2D eigenvalue weighted by atomic mass is 9.96. The van der Waals surface area contributed by atoms with Gasteiger partial charge in [0.15, 0.2) is 0 Å². The van der Waals surface area contributed by atoms with Gasteiger partial charge >= 0.3 is 0 Å². The third kappa shape index (κ3) is 6.54. The zero-order chi connectivity index (χ0) is 25.3. The van der Waals surface area contributed by atoms with Crippen LogP contribution in [0.1, 0.15) is 39.8 Å². The second kappa shape index (κ2) is 12.2. The van der Waals surface area contributed by atoms with Gasteiger partial charge < -0.3 is 4.90 Å². The Morgan fingerprint density at radius 3 is 2.35 bits per heavy atom. The Hall–Kier alpha value is -4.17. The van der Waals surface area contributed by atoms with Gasteiger partial charge in [0.2, 0.25) is 0 Å². The molecule has 4 aromatic rings. The molecule has 0 spiro atoms. The van der Waals surface area contributed by atoms with Crippen molar-refractivity contribution in [1.82, 2.24) is 0 Å². The number of fused-ring (bicyclic) bond motifs is 1. The second-order valence-corrected chi connectivity index (χ2v) is 9.64. The molecule has 2 nitrogen and oxygen atoms in total. The van der Waals surface area contributed by atoms with E-state index in [9.17, 15) is 0 Å². The largest absolute Gasteiger partial charge is 0.367 e. The number of aryl methyl sites for hydroxylation is 2. The van der Waals surface area contributed by atoms with Crippen molar-refractivity contribution in [2.75, 3.05) is 11.4 Å². The Balaban J connectivity index is 1.36. The van der Waals surface area contributed by atoms with E-state index in [0.717, 1.165) is 19.5 Å². The van der Waals surface area contributed by atoms with Gasteiger partial charge in [-0.25, -0.2) is 0 Å². The summed E-state index contributed by atoms with van der Waals surface area (Å²) in [6, 6.07) is 36.6. The van der Waals surface area contributed by atoms with Crippen LogP contribution in [0, 0.1) is 6.92 Å². The summed E-state index contributed by atoms with van der Waals surface area (Å²) in [6.45, 7) is 4.93. The molecule has 0 radical (unpaired) electrons. The Labute approximate surface area is 221 Å². The lowest BCUT2D eigenvalue weighted by molar-refractivity contribution is 0.691. The smallest absolute Gasteiger partial charge is 0.0639 e. The predicted octanol–water partition coefficient (Wildman–Crippen LogP) is 8.32. The fourth-order valence-corrected chi connectivity index (χ4v) is 4.96. The van der Waals surface area contributed by atoms with Crippen molar-refractivity contribution in [3.05, 3.63) is 149 Å². The maximum atomic E-state index is 4.65. The summed E-state index contributed by atoms with van der Waals surface area (Å²) in [5.74, 6) is 0. The lowest BCUT2D eigenvalue weighted by Gasteiger charge is -2.31. The molecule has 1 aliphatic heterocycles. The Morgan fingerprint density at radius 1 is 0.838 bits per heavy atom. The van der Waals surface area contributed by atoms with E-state index >= 15 is 0 Å². The van der Waals surface area contributed by atoms with Crippen LogP contribution >= 0.6 is 0 Å². The van der Waals surface area contributed by atoms with Crippen LogP contribution in [0.15, 0.2) is 120 Å². The summed E-state index contributed by atoms with van der Waals surface area (Å²) in [4.78, 5) is 7.17. The summed E-state index contributed by atoms with van der Waals surface area (Å²) in [5, 5.41) is 0. The Kier molecular flexibility index (Phi) is 8.07. The van der Waals surface area contributed by atoms with Gasteiger partial charge in [-0.15, -0.1) is 0 Å². The molecule has 0 N–H and O–H groups in total. The zero-order valence-corrected chi connectivity index (χ0v) is 21.6. The van der Waals surface area contributed by atoms with Gasteiger partial charge in [0.25, 0.3) is 0 Å². The van der Waals surface area contributed by atoms with E-state index in [0.29, 0.717) is 6.54 Å². The fourth-order valence-electron chi connectivity index (χ4n) is 4.96. The maximum absolute atomic E-state index is 4.65. The standard InChI is InChI=1S/C35H34N2/c1-28-11-8-9-17-34(28)32(22-23-36-26-30-12-4-2-5-13-30)20-18-29-19-21-35-33(25-29)16-10-24-37(35)27-31-14-6-3-7-15-31/h2-9,11-15,17-23,25H,10,16,24,26-27H2,1H3/b20-18?,32-22-,36-23?. The third-order valence-corrected chi connectivity index (χ3v) is 6.92. The minimum absolute atomic E-state index is 0.687. The average Bonchev–Trinajstić information content (AvgIpc) is 2.94. The molecule has 0 atom stereocenters. The minimum Gasteiger partial charge on any atom is -0.367 e. The quantitative estimate of drug-likeness (QED) is 0.182. The second-order valence-electron chi connectivity index (χ2n) is 9.64. The summed E-state index contributed by atoms with van der Waals surface area (Å²) in [6.07, 6.45) is 10.9. The van der Waals surface area contributed by atoms with Gasteiger partial charge in [0.05, 0.1) is 6.54 Å². The van der Waals surface area contributed by atoms with Crippen molar-refractivity contribution in [3.63, 3.8) is 0 Å². The number of hydrogen-bond acceptors (Lipinski definition) is 2. The van der Waals surface area contributed by atoms with Gasteiger partial charge in [-0.1, -0.05) is 103 Å². The van der Waals surface area contributed by atoms with Crippen LogP contribution in [0.3, 0.4) is 0 Å². The van der Waals surface area contributed by atoms with E-state index < -0.39 is 0 Å². The van der Waals surface area contributed by atoms with Crippen molar-refractivity contribution >= 4 is 23.6 Å². The summed E-state index contributed by atoms with van der Waals surface area (Å²) < 4.78 is 0.